The molecule has 0 unspecified atom stereocenters. The number of allylic oxidation sites excluding steroid dienone is 2. The molecule has 0 radical (unpaired) electrons. The third-order valence-electron chi connectivity index (χ3n) is 3.70. The van der Waals surface area contributed by atoms with E-state index in [0.717, 1.165) is 24.4 Å². The molecule has 2 rings (SSSR count). The molecule has 0 aromatic heterocycles. The predicted molar refractivity (Wildman–Crippen MR) is 55.8 cm³/mol. The fourth-order valence-electron chi connectivity index (χ4n) is 2.89. The molecule has 1 fully saturated rings. The molecule has 1 heteroatoms. The molecule has 0 saturated carbocycles. The van der Waals surface area contributed by atoms with Crippen molar-refractivity contribution in [2.45, 2.75) is 45.1 Å². The van der Waals surface area contributed by atoms with Crippen LogP contribution in [0.5, 0.6) is 0 Å². The molecular weight excluding hydrogens is 143 g/mol. The van der Waals surface area contributed by atoms with E-state index in [1.165, 1.54) is 25.5 Å². The van der Waals surface area contributed by atoms with Gasteiger partial charge < -0.3 is 0 Å². The van der Waals surface area contributed by atoms with Gasteiger partial charge in [0.05, 0.1) is 0 Å². The van der Waals surface area contributed by atoms with Crippen LogP contribution in [0.25, 0.3) is 0 Å². The molecule has 0 aromatic carbocycles. The molecule has 0 N–H and O–H groups in total. The Bertz CT molecular complexity index is 183. The normalized spacial score (nSPS) is 34.4. The summed E-state index contributed by atoms with van der Waals surface area (Å²) in [5.74, 6) is 2.87. The molecule has 66 valence electrons. The highest BCUT2D eigenvalue weighted by molar-refractivity contribution is 6.60. The van der Waals surface area contributed by atoms with Gasteiger partial charge in [0, 0.05) is 0 Å². The van der Waals surface area contributed by atoms with E-state index in [-0.39, 0.29) is 0 Å². The lowest BCUT2D eigenvalue weighted by molar-refractivity contribution is 0.418. The van der Waals surface area contributed by atoms with Gasteiger partial charge in [-0.2, -0.15) is 0 Å². The van der Waals surface area contributed by atoms with Crippen LogP contribution in [0.4, 0.5) is 0 Å². The van der Waals surface area contributed by atoms with Crippen LogP contribution in [-0.2, 0) is 0 Å². The Labute approximate surface area is 76.5 Å². The SMILES string of the molecule is CC(C)B1C[C@H]2C=CC[C@H](C1)C2. The van der Waals surface area contributed by atoms with Gasteiger partial charge in [-0.1, -0.05) is 44.5 Å². The zero-order valence-electron chi connectivity index (χ0n) is 8.29. The first-order valence-corrected chi connectivity index (χ1v) is 5.42. The first-order chi connectivity index (χ1) is 5.75. The van der Waals surface area contributed by atoms with Gasteiger partial charge in [-0.25, -0.2) is 0 Å². The van der Waals surface area contributed by atoms with Crippen molar-refractivity contribution >= 4 is 6.71 Å². The number of hydrogen-bond acceptors (Lipinski definition) is 0. The van der Waals surface area contributed by atoms with Crippen molar-refractivity contribution in [1.29, 1.82) is 0 Å². The summed E-state index contributed by atoms with van der Waals surface area (Å²) in [6.45, 7) is 5.78. The van der Waals surface area contributed by atoms with Gasteiger partial charge in [0.2, 0.25) is 0 Å². The van der Waals surface area contributed by atoms with E-state index in [9.17, 15) is 0 Å². The van der Waals surface area contributed by atoms with Crippen molar-refractivity contribution in [2.24, 2.45) is 11.8 Å². The molecule has 0 amide bonds. The van der Waals surface area contributed by atoms with E-state index in [2.05, 4.69) is 26.0 Å². The first kappa shape index (κ1) is 8.41. The maximum Gasteiger partial charge on any atom is 0.143 e. The Kier molecular flexibility index (Phi) is 2.30. The standard InChI is InChI=1S/C11H19B/c1-9(2)12-7-10-4-3-5-11(6-10)8-12/h3-4,9-11H,5-8H2,1-2H3/t10-,11-/m0/s1. The minimum absolute atomic E-state index is 0.904. The highest BCUT2D eigenvalue weighted by Crippen LogP contribution is 2.39. The number of rotatable bonds is 1. The predicted octanol–water partition coefficient (Wildman–Crippen LogP) is 3.49. The van der Waals surface area contributed by atoms with Crippen LogP contribution in [0, 0.1) is 11.8 Å². The first-order valence-electron chi connectivity index (χ1n) is 5.42. The lowest BCUT2D eigenvalue weighted by Gasteiger charge is -2.36. The summed E-state index contributed by atoms with van der Waals surface area (Å²) in [5, 5.41) is 0. The molecule has 1 aliphatic heterocycles. The van der Waals surface area contributed by atoms with Gasteiger partial charge in [-0.15, -0.1) is 0 Å². The van der Waals surface area contributed by atoms with Crippen molar-refractivity contribution in [2.75, 3.05) is 0 Å². The minimum atomic E-state index is 0.904. The summed E-state index contributed by atoms with van der Waals surface area (Å²) < 4.78 is 0. The van der Waals surface area contributed by atoms with Crippen molar-refractivity contribution in [3.05, 3.63) is 12.2 Å². The van der Waals surface area contributed by atoms with Gasteiger partial charge in [-0.05, 0) is 24.7 Å². The molecule has 0 nitrogen and oxygen atoms in total. The molecule has 2 aliphatic rings. The monoisotopic (exact) mass is 162 g/mol. The highest BCUT2D eigenvalue weighted by atomic mass is 14.2. The second-order valence-corrected chi connectivity index (χ2v) is 5.00. The van der Waals surface area contributed by atoms with Gasteiger partial charge in [0.25, 0.3) is 0 Å². The Hall–Kier alpha value is -0.195. The molecule has 1 aliphatic carbocycles. The van der Waals surface area contributed by atoms with Crippen LogP contribution in [0.15, 0.2) is 12.2 Å². The molecule has 12 heavy (non-hydrogen) atoms. The maximum atomic E-state index is 2.46. The number of hydrogen-bond donors (Lipinski definition) is 0. The highest BCUT2D eigenvalue weighted by Gasteiger charge is 2.32. The zero-order chi connectivity index (χ0) is 8.55. The minimum Gasteiger partial charge on any atom is -0.0880 e. The van der Waals surface area contributed by atoms with Crippen molar-refractivity contribution < 1.29 is 0 Å². The van der Waals surface area contributed by atoms with Gasteiger partial charge >= 0.3 is 0 Å². The van der Waals surface area contributed by atoms with Crippen molar-refractivity contribution in [3.8, 4) is 0 Å². The largest absolute Gasteiger partial charge is 0.143 e. The summed E-state index contributed by atoms with van der Waals surface area (Å²) in [5.41, 5.74) is 0. The molecule has 1 heterocycles. The Balaban J connectivity index is 2.03. The third kappa shape index (κ3) is 1.60. The third-order valence-corrected chi connectivity index (χ3v) is 3.70. The zero-order valence-corrected chi connectivity index (χ0v) is 8.29. The Morgan fingerprint density at radius 3 is 2.83 bits per heavy atom. The quantitative estimate of drug-likeness (QED) is 0.409. The van der Waals surface area contributed by atoms with Crippen LogP contribution in [-0.4, -0.2) is 6.71 Å². The summed E-state index contributed by atoms with van der Waals surface area (Å²) in [6, 6.07) is 0. The Morgan fingerprint density at radius 2 is 2.17 bits per heavy atom. The average molecular weight is 162 g/mol. The molecule has 2 atom stereocenters. The lowest BCUT2D eigenvalue weighted by atomic mass is 9.31. The topological polar surface area (TPSA) is 0 Å². The van der Waals surface area contributed by atoms with E-state index in [0.29, 0.717) is 0 Å². The summed E-state index contributed by atoms with van der Waals surface area (Å²) in [4.78, 5) is 0. The van der Waals surface area contributed by atoms with E-state index in [1.807, 2.05) is 0 Å². The maximum absolute atomic E-state index is 2.46. The molecule has 2 bridgehead atoms. The number of fused-ring (bicyclic) bond motifs is 2. The summed E-state index contributed by atoms with van der Waals surface area (Å²) >= 11 is 0. The van der Waals surface area contributed by atoms with Crippen LogP contribution < -0.4 is 0 Å². The fourth-order valence-corrected chi connectivity index (χ4v) is 2.89. The van der Waals surface area contributed by atoms with Gasteiger partial charge in [-0.3, -0.25) is 0 Å². The average Bonchev–Trinajstić information content (AvgIpc) is 2.03. The van der Waals surface area contributed by atoms with Crippen LogP contribution in [0.3, 0.4) is 0 Å². The molecular formula is C11H19B. The van der Waals surface area contributed by atoms with E-state index in [1.54, 1.807) is 0 Å². The summed E-state index contributed by atoms with van der Waals surface area (Å²) in [7, 11) is 0. The van der Waals surface area contributed by atoms with Gasteiger partial charge in [0.1, 0.15) is 6.71 Å². The summed E-state index contributed by atoms with van der Waals surface area (Å²) in [6.07, 6.45) is 10.7. The molecule has 0 spiro atoms. The fraction of sp³-hybridized carbons (Fsp3) is 0.818. The van der Waals surface area contributed by atoms with E-state index in [4.69, 9.17) is 0 Å². The second kappa shape index (κ2) is 3.28. The smallest absolute Gasteiger partial charge is 0.0880 e. The van der Waals surface area contributed by atoms with Crippen LogP contribution in [0.1, 0.15) is 26.7 Å². The van der Waals surface area contributed by atoms with Crippen molar-refractivity contribution in [1.82, 2.24) is 0 Å². The lowest BCUT2D eigenvalue weighted by Crippen LogP contribution is -2.31. The van der Waals surface area contributed by atoms with Crippen molar-refractivity contribution in [3.63, 3.8) is 0 Å². The molecule has 1 saturated heterocycles. The van der Waals surface area contributed by atoms with Gasteiger partial charge in [0.15, 0.2) is 0 Å². The van der Waals surface area contributed by atoms with Crippen LogP contribution >= 0.6 is 0 Å². The Morgan fingerprint density at radius 1 is 1.33 bits per heavy atom. The van der Waals surface area contributed by atoms with Crippen LogP contribution in [0.2, 0.25) is 18.5 Å². The van der Waals surface area contributed by atoms with E-state index >= 15 is 0 Å². The second-order valence-electron chi connectivity index (χ2n) is 5.00. The van der Waals surface area contributed by atoms with E-state index < -0.39 is 0 Å². The molecule has 0 aromatic rings.